The van der Waals surface area contributed by atoms with Gasteiger partial charge in [-0.25, -0.2) is 37.9 Å². The molecule has 23 heteroatoms. The van der Waals surface area contributed by atoms with E-state index in [0.717, 1.165) is 28.1 Å². The van der Waals surface area contributed by atoms with Gasteiger partial charge < -0.3 is 24.2 Å². The summed E-state index contributed by atoms with van der Waals surface area (Å²) in [5.74, 6) is -0.419. The van der Waals surface area contributed by atoms with Gasteiger partial charge in [0.1, 0.15) is 24.4 Å². The molecule has 4 aliphatic heterocycles. The highest BCUT2D eigenvalue weighted by molar-refractivity contribution is 7.47. The van der Waals surface area contributed by atoms with Crippen molar-refractivity contribution in [3.05, 3.63) is 35.0 Å². The van der Waals surface area contributed by atoms with Crippen LogP contribution in [0.2, 0.25) is 0 Å². The first-order chi connectivity index (χ1) is 20.9. The van der Waals surface area contributed by atoms with Crippen molar-refractivity contribution in [3.63, 3.8) is 0 Å². The minimum Gasteiger partial charge on any atom is -0.346 e. The number of aromatic nitrogens is 6. The lowest BCUT2D eigenvalue weighted by atomic mass is 10.1. The fourth-order valence-corrected chi connectivity index (χ4v) is 7.20. The fourth-order valence-electron chi connectivity index (χ4n) is 5.29. The number of phosphoric ester groups is 2. The maximum atomic E-state index is 15.8. The molecule has 3 aromatic heterocycles. The van der Waals surface area contributed by atoms with Crippen molar-refractivity contribution in [1.29, 1.82) is 0 Å². The van der Waals surface area contributed by atoms with Crippen LogP contribution in [0.3, 0.4) is 0 Å². The van der Waals surface area contributed by atoms with Gasteiger partial charge in [-0.05, 0) is 0 Å². The smallest absolute Gasteiger partial charge is 0.346 e. The Kier molecular flexibility index (Phi) is 7.24. The second-order valence-corrected chi connectivity index (χ2v) is 12.8. The second kappa shape index (κ2) is 10.8. The van der Waals surface area contributed by atoms with Crippen LogP contribution in [0.4, 0.5) is 14.6 Å². The number of phosphoric acid groups is 2. The van der Waals surface area contributed by atoms with E-state index in [-0.39, 0.29) is 34.9 Å². The number of halogens is 2. The minimum atomic E-state index is -5.16. The van der Waals surface area contributed by atoms with Gasteiger partial charge in [0, 0.05) is 12.6 Å². The summed E-state index contributed by atoms with van der Waals surface area (Å²) in [6, 6.07) is 0. The molecule has 0 bridgehead atoms. The maximum Gasteiger partial charge on any atom is 0.472 e. The summed E-state index contributed by atoms with van der Waals surface area (Å²) in [4.78, 5) is 63.2. The molecule has 7 rings (SSSR count). The van der Waals surface area contributed by atoms with E-state index in [1.807, 2.05) is 0 Å². The largest absolute Gasteiger partial charge is 0.472 e. The molecule has 0 aromatic carbocycles. The van der Waals surface area contributed by atoms with E-state index in [1.165, 1.54) is 6.21 Å². The lowest BCUT2D eigenvalue weighted by Crippen LogP contribution is -2.37. The SMILES string of the molecule is O=C1CC=Nc2c1ncn2C1OC2COP(=O)(O)O[C@@H]3C(COP(=O)(O)O[C@H]2[C@H]1F)OC(n1cnc2c(=O)[nH]cnc21)[C@@H]3F. The molecule has 0 aliphatic carbocycles. The second-order valence-electron chi connectivity index (χ2n) is 10.0. The minimum absolute atomic E-state index is 0.0184. The van der Waals surface area contributed by atoms with Gasteiger partial charge in [0.25, 0.3) is 5.56 Å². The van der Waals surface area contributed by atoms with E-state index >= 15 is 8.78 Å². The number of aromatic amines is 1. The molecule has 0 saturated carbocycles. The number of nitrogens with one attached hydrogen (secondary N) is 1. The summed E-state index contributed by atoms with van der Waals surface area (Å²) < 4.78 is 91.0. The summed E-state index contributed by atoms with van der Waals surface area (Å²) >= 11 is 0. The number of hydrogen-bond donors (Lipinski definition) is 3. The van der Waals surface area contributed by atoms with Crippen molar-refractivity contribution in [2.24, 2.45) is 4.99 Å². The first-order valence-corrected chi connectivity index (χ1v) is 15.8. The Morgan fingerprint density at radius 1 is 0.886 bits per heavy atom. The normalized spacial score (nSPS) is 39.4. The van der Waals surface area contributed by atoms with Crippen LogP contribution < -0.4 is 5.56 Å². The van der Waals surface area contributed by atoms with Crippen LogP contribution in [0.15, 0.2) is 28.8 Å². The average molecular weight is 663 g/mol. The molecule has 3 fully saturated rings. The summed E-state index contributed by atoms with van der Waals surface area (Å²) in [6.45, 7) is -1.88. The fraction of sp³-hybridized carbons (Fsp3) is 0.524. The van der Waals surface area contributed by atoms with Crippen LogP contribution in [0.5, 0.6) is 0 Å². The Balaban J connectivity index is 1.16. The number of carbonyl (C=O) groups is 1. The number of alkyl halides is 2. The van der Waals surface area contributed by atoms with Gasteiger partial charge in [-0.15, -0.1) is 0 Å². The lowest BCUT2D eigenvalue weighted by molar-refractivity contribution is -0.0664. The molecule has 7 heterocycles. The van der Waals surface area contributed by atoms with Gasteiger partial charge in [-0.2, -0.15) is 0 Å². The van der Waals surface area contributed by atoms with Crippen molar-refractivity contribution < 1.29 is 60.1 Å². The van der Waals surface area contributed by atoms with Crippen LogP contribution in [-0.4, -0.2) is 101 Å². The monoisotopic (exact) mass is 663 g/mol. The Hall–Kier alpha value is -3.10. The van der Waals surface area contributed by atoms with Gasteiger partial charge in [0.2, 0.25) is 0 Å². The molecule has 0 amide bonds. The molecule has 4 aliphatic rings. The van der Waals surface area contributed by atoms with Crippen molar-refractivity contribution >= 4 is 44.6 Å². The molecule has 3 aromatic rings. The number of rotatable bonds is 2. The number of nitrogens with zero attached hydrogens (tertiary/aromatic N) is 6. The third-order valence-corrected chi connectivity index (χ3v) is 9.25. The number of Topliss-reactive ketones (excluding diaryl/α,β-unsaturated/α-hetero) is 1. The zero-order valence-corrected chi connectivity index (χ0v) is 23.6. The quantitative estimate of drug-likeness (QED) is 0.321. The van der Waals surface area contributed by atoms with Gasteiger partial charge in [0.05, 0.1) is 32.2 Å². The van der Waals surface area contributed by atoms with E-state index in [1.54, 1.807) is 0 Å². The van der Waals surface area contributed by atoms with Crippen LogP contribution in [0.1, 0.15) is 29.4 Å². The number of aliphatic imine (C=N–C) groups is 1. The number of imidazole rings is 2. The van der Waals surface area contributed by atoms with Crippen molar-refractivity contribution in [3.8, 4) is 0 Å². The predicted molar refractivity (Wildman–Crippen MR) is 136 cm³/mol. The first-order valence-electron chi connectivity index (χ1n) is 12.9. The molecule has 10 atom stereocenters. The highest BCUT2D eigenvalue weighted by Gasteiger charge is 2.55. The summed E-state index contributed by atoms with van der Waals surface area (Å²) in [5, 5.41) is 0. The number of carbonyl (C=O) groups excluding carboxylic acids is 1. The highest BCUT2D eigenvalue weighted by Crippen LogP contribution is 2.54. The zero-order valence-electron chi connectivity index (χ0n) is 21.9. The number of ether oxygens (including phenoxy) is 2. The zero-order chi connectivity index (χ0) is 31.0. The van der Waals surface area contributed by atoms with Gasteiger partial charge in [0.15, 0.2) is 53.3 Å². The Morgan fingerprint density at radius 2 is 1.48 bits per heavy atom. The summed E-state index contributed by atoms with van der Waals surface area (Å²) in [6.07, 6.45) is -10.4. The van der Waals surface area contributed by atoms with Crippen LogP contribution >= 0.6 is 15.6 Å². The maximum absolute atomic E-state index is 15.8. The molecule has 236 valence electrons. The van der Waals surface area contributed by atoms with E-state index in [9.17, 15) is 28.5 Å². The van der Waals surface area contributed by atoms with Crippen LogP contribution in [-0.2, 0) is 36.7 Å². The highest BCUT2D eigenvalue weighted by atomic mass is 31.2. The van der Waals surface area contributed by atoms with Crippen molar-refractivity contribution in [2.45, 2.75) is 55.6 Å². The van der Waals surface area contributed by atoms with Gasteiger partial charge >= 0.3 is 15.6 Å². The van der Waals surface area contributed by atoms with Crippen molar-refractivity contribution in [1.82, 2.24) is 29.1 Å². The number of hydrogen-bond acceptors (Lipinski definition) is 14. The molecule has 44 heavy (non-hydrogen) atoms. The summed E-state index contributed by atoms with van der Waals surface area (Å²) in [5.41, 5.74) is -0.930. The Morgan fingerprint density at radius 3 is 2.11 bits per heavy atom. The van der Waals surface area contributed by atoms with E-state index in [2.05, 4.69) is 24.9 Å². The topological polar surface area (TPSA) is 241 Å². The molecule has 3 saturated heterocycles. The number of ketones is 1. The Bertz CT molecular complexity index is 1820. The molecule has 0 spiro atoms. The van der Waals surface area contributed by atoms with Crippen molar-refractivity contribution in [2.75, 3.05) is 13.2 Å². The third kappa shape index (κ3) is 5.08. The predicted octanol–water partition coefficient (Wildman–Crippen LogP) is 0.794. The number of fused-ring (bicyclic) bond motifs is 4. The van der Waals surface area contributed by atoms with E-state index in [0.29, 0.717) is 0 Å². The molecule has 19 nitrogen and oxygen atoms in total. The molecular weight excluding hydrogens is 642 g/mol. The van der Waals surface area contributed by atoms with Crippen LogP contribution in [0, 0.1) is 0 Å². The average Bonchev–Trinajstić information content (AvgIpc) is 3.73. The standard InChI is InChI=1S/C21H21F2N7O12P2/c22-11-15-9(39-20(11)29-6-27-13-8(31)1-2-24-17(13)29)3-37-44(35,36)42-16-10(4-38-43(33,34)41-15)40-21(12(16)23)30-7-28-14-18(30)25-5-26-19(14)32/h2,5-7,9-12,15-16,20-21H,1,3-4H2,(H,33,34)(H,35,36)(H,25,26,32)/t9?,10?,11-,12-,15-,16-,20?,21?/m1/s1. The molecule has 0 radical (unpaired) electrons. The molecule has 6 unspecified atom stereocenters. The van der Waals surface area contributed by atoms with Gasteiger partial charge in [-0.1, -0.05) is 0 Å². The third-order valence-electron chi connectivity index (χ3n) is 7.28. The van der Waals surface area contributed by atoms with Crippen LogP contribution in [0.25, 0.3) is 11.2 Å². The van der Waals surface area contributed by atoms with Gasteiger partial charge in [-0.3, -0.25) is 36.8 Å². The molecular formula is C21H21F2N7O12P2. The Labute approximate surface area is 243 Å². The first kappa shape index (κ1) is 29.6. The summed E-state index contributed by atoms with van der Waals surface area (Å²) in [7, 11) is -10.3. The number of H-pyrrole nitrogens is 1. The molecule has 3 N–H and O–H groups in total. The van der Waals surface area contributed by atoms with E-state index in [4.69, 9.17) is 27.6 Å². The lowest BCUT2D eigenvalue weighted by Gasteiger charge is -2.27. The van der Waals surface area contributed by atoms with E-state index < -0.39 is 83.6 Å².